The molecule has 5 heteroatoms. The molecule has 0 aliphatic carbocycles. The second kappa shape index (κ2) is 5.66. The van der Waals surface area contributed by atoms with Gasteiger partial charge in [0.05, 0.1) is 29.8 Å². The van der Waals surface area contributed by atoms with Crippen molar-refractivity contribution in [2.45, 2.75) is 0 Å². The number of nitrogens with zero attached hydrogens (tertiary/aromatic N) is 1. The molecule has 0 saturated carbocycles. The first kappa shape index (κ1) is 12.6. The van der Waals surface area contributed by atoms with Gasteiger partial charge in [-0.3, -0.25) is 8.51 Å². The first-order chi connectivity index (χ1) is 8.72. The first-order valence-electron chi connectivity index (χ1n) is 5.31. The Morgan fingerprint density at radius 3 is 2.06 bits per heavy atom. The minimum atomic E-state index is -2.37. The highest BCUT2D eigenvalue weighted by molar-refractivity contribution is 7.81. The highest BCUT2D eigenvalue weighted by Crippen LogP contribution is 2.27. The molecule has 2 aromatic rings. The molecule has 0 amide bonds. The fraction of sp³-hybridized carbons (Fsp3) is 0.0769. The third-order valence-electron chi connectivity index (χ3n) is 2.45. The average molecular weight is 262 g/mol. The van der Waals surface area contributed by atoms with E-state index in [0.717, 1.165) is 0 Å². The lowest BCUT2D eigenvalue weighted by molar-refractivity contribution is 0.415. The molecule has 2 aromatic carbocycles. The monoisotopic (exact) mass is 262 g/mol. The number of anilines is 2. The molecule has 0 heterocycles. The van der Waals surface area contributed by atoms with Crippen molar-refractivity contribution in [3.8, 4) is 5.75 Å². The van der Waals surface area contributed by atoms with Crippen LogP contribution in [-0.4, -0.2) is 15.9 Å². The van der Waals surface area contributed by atoms with Crippen LogP contribution in [0.5, 0.6) is 5.75 Å². The van der Waals surface area contributed by atoms with Gasteiger partial charge in [-0.25, -0.2) is 0 Å². The minimum absolute atomic E-state index is 0.565. The van der Waals surface area contributed by atoms with Gasteiger partial charge in [-0.05, 0) is 36.4 Å². The summed E-state index contributed by atoms with van der Waals surface area (Å²) in [5.41, 5.74) is 1.16. The Labute approximate surface area is 108 Å². The summed E-state index contributed by atoms with van der Waals surface area (Å²) in [5, 5.41) is 0. The second-order valence-corrected chi connectivity index (χ2v) is 4.34. The zero-order valence-corrected chi connectivity index (χ0v) is 10.6. The molecule has 0 aliphatic rings. The van der Waals surface area contributed by atoms with E-state index in [9.17, 15) is 8.76 Å². The third-order valence-corrected chi connectivity index (χ3v) is 3.17. The maximum atomic E-state index is 11.3. The SMILES string of the molecule is COc1ccc(N(c2ccccc2)S(=O)[O-])cc1. The largest absolute Gasteiger partial charge is 0.755 e. The molecular weight excluding hydrogens is 250 g/mol. The molecule has 0 bridgehead atoms. The summed E-state index contributed by atoms with van der Waals surface area (Å²) >= 11 is -2.37. The van der Waals surface area contributed by atoms with Crippen LogP contribution in [0.4, 0.5) is 11.4 Å². The maximum absolute atomic E-state index is 11.3. The van der Waals surface area contributed by atoms with Gasteiger partial charge in [0.2, 0.25) is 0 Å². The van der Waals surface area contributed by atoms with E-state index in [2.05, 4.69) is 0 Å². The van der Waals surface area contributed by atoms with Crippen LogP contribution in [-0.2, 0) is 11.3 Å². The molecule has 2 rings (SSSR count). The summed E-state index contributed by atoms with van der Waals surface area (Å²) < 4.78 is 29.0. The van der Waals surface area contributed by atoms with Gasteiger partial charge < -0.3 is 9.29 Å². The smallest absolute Gasteiger partial charge is 0.119 e. The van der Waals surface area contributed by atoms with Gasteiger partial charge in [-0.2, -0.15) is 0 Å². The van der Waals surface area contributed by atoms with Gasteiger partial charge in [0, 0.05) is 0 Å². The van der Waals surface area contributed by atoms with Crippen molar-refractivity contribution in [1.29, 1.82) is 0 Å². The Hall–Kier alpha value is -1.85. The molecule has 94 valence electrons. The average Bonchev–Trinajstić information content (AvgIpc) is 2.40. The highest BCUT2D eigenvalue weighted by Gasteiger charge is 2.09. The first-order valence-corrected chi connectivity index (χ1v) is 6.34. The van der Waals surface area contributed by atoms with Gasteiger partial charge in [0.1, 0.15) is 5.75 Å². The Bertz CT molecular complexity index is 528. The van der Waals surface area contributed by atoms with Crippen molar-refractivity contribution >= 4 is 22.6 Å². The maximum Gasteiger partial charge on any atom is 0.119 e. The van der Waals surface area contributed by atoms with Crippen LogP contribution in [0.15, 0.2) is 54.6 Å². The van der Waals surface area contributed by atoms with Gasteiger partial charge in [-0.15, -0.1) is 0 Å². The fourth-order valence-electron chi connectivity index (χ4n) is 1.60. The van der Waals surface area contributed by atoms with Crippen LogP contribution in [0.25, 0.3) is 0 Å². The van der Waals surface area contributed by atoms with E-state index in [1.54, 1.807) is 55.6 Å². The molecule has 0 N–H and O–H groups in total. The van der Waals surface area contributed by atoms with E-state index in [-0.39, 0.29) is 0 Å². The zero-order valence-electron chi connectivity index (χ0n) is 9.78. The van der Waals surface area contributed by atoms with Crippen LogP contribution < -0.4 is 9.04 Å². The molecule has 0 saturated heterocycles. The number of benzene rings is 2. The van der Waals surface area contributed by atoms with Crippen molar-refractivity contribution in [2.75, 3.05) is 11.4 Å². The summed E-state index contributed by atoms with van der Waals surface area (Å²) in [6, 6.07) is 15.7. The summed E-state index contributed by atoms with van der Waals surface area (Å²) in [6.07, 6.45) is 0. The van der Waals surface area contributed by atoms with E-state index in [4.69, 9.17) is 4.74 Å². The number of ether oxygens (including phenoxy) is 1. The predicted octanol–water partition coefficient (Wildman–Crippen LogP) is 2.63. The molecule has 0 aliphatic heterocycles. The molecule has 1 atom stereocenters. The molecule has 0 aromatic heterocycles. The van der Waals surface area contributed by atoms with Gasteiger partial charge in [0.25, 0.3) is 0 Å². The van der Waals surface area contributed by atoms with E-state index in [1.807, 2.05) is 6.07 Å². The Morgan fingerprint density at radius 2 is 1.56 bits per heavy atom. The molecule has 0 radical (unpaired) electrons. The highest BCUT2D eigenvalue weighted by atomic mass is 32.2. The number of methoxy groups -OCH3 is 1. The number of para-hydroxylation sites is 1. The standard InChI is InChI=1S/C13H13NO3S/c1-17-13-9-7-12(8-10-13)14(18(15)16)11-5-3-2-4-6-11/h2-10H,1H3,(H,15,16)/p-1. The summed E-state index contributed by atoms with van der Waals surface area (Å²) in [6.45, 7) is 0. The topological polar surface area (TPSA) is 52.6 Å². The molecule has 4 nitrogen and oxygen atoms in total. The number of hydrogen-bond donors (Lipinski definition) is 0. The van der Waals surface area contributed by atoms with E-state index in [0.29, 0.717) is 17.1 Å². The lowest BCUT2D eigenvalue weighted by Crippen LogP contribution is -2.19. The van der Waals surface area contributed by atoms with Crippen LogP contribution in [0.3, 0.4) is 0 Å². The third kappa shape index (κ3) is 2.69. The molecule has 18 heavy (non-hydrogen) atoms. The van der Waals surface area contributed by atoms with Gasteiger partial charge in [-0.1, -0.05) is 18.2 Å². The summed E-state index contributed by atoms with van der Waals surface area (Å²) in [4.78, 5) is 0. The fourth-order valence-corrected chi connectivity index (χ4v) is 2.19. The van der Waals surface area contributed by atoms with Gasteiger partial charge >= 0.3 is 0 Å². The van der Waals surface area contributed by atoms with Crippen molar-refractivity contribution < 1.29 is 13.5 Å². The van der Waals surface area contributed by atoms with Crippen LogP contribution in [0.2, 0.25) is 0 Å². The molecule has 0 fully saturated rings. The summed E-state index contributed by atoms with van der Waals surface area (Å²) in [7, 11) is 1.57. The van der Waals surface area contributed by atoms with Crippen molar-refractivity contribution in [2.24, 2.45) is 0 Å². The van der Waals surface area contributed by atoms with E-state index >= 15 is 0 Å². The van der Waals surface area contributed by atoms with Crippen LogP contribution in [0, 0.1) is 0 Å². The lowest BCUT2D eigenvalue weighted by Gasteiger charge is -2.26. The number of hydrogen-bond acceptors (Lipinski definition) is 3. The van der Waals surface area contributed by atoms with E-state index in [1.165, 1.54) is 4.31 Å². The molecule has 0 spiro atoms. The van der Waals surface area contributed by atoms with Gasteiger partial charge in [0.15, 0.2) is 0 Å². The van der Waals surface area contributed by atoms with Crippen molar-refractivity contribution in [1.82, 2.24) is 0 Å². The zero-order chi connectivity index (χ0) is 13.0. The predicted molar refractivity (Wildman–Crippen MR) is 70.5 cm³/mol. The minimum Gasteiger partial charge on any atom is -0.755 e. The number of rotatable bonds is 4. The van der Waals surface area contributed by atoms with Crippen LogP contribution >= 0.6 is 0 Å². The lowest BCUT2D eigenvalue weighted by atomic mass is 10.2. The quantitative estimate of drug-likeness (QED) is 0.796. The summed E-state index contributed by atoms with van der Waals surface area (Å²) in [5.74, 6) is 0.684. The molecular formula is C13H12NO3S-. The Balaban J connectivity index is 2.39. The Kier molecular flexibility index (Phi) is 3.96. The second-order valence-electron chi connectivity index (χ2n) is 3.55. The van der Waals surface area contributed by atoms with Crippen molar-refractivity contribution in [3.05, 3.63) is 54.6 Å². The molecule has 1 unspecified atom stereocenters. The normalized spacial score (nSPS) is 11.9. The van der Waals surface area contributed by atoms with Crippen LogP contribution in [0.1, 0.15) is 0 Å². The Morgan fingerprint density at radius 1 is 1.00 bits per heavy atom. The van der Waals surface area contributed by atoms with Crippen molar-refractivity contribution in [3.63, 3.8) is 0 Å². The van der Waals surface area contributed by atoms with E-state index < -0.39 is 11.3 Å².